The van der Waals surface area contributed by atoms with Crippen LogP contribution in [0.2, 0.25) is 5.02 Å². The van der Waals surface area contributed by atoms with Gasteiger partial charge in [-0.25, -0.2) is 4.68 Å². The number of nitrogens with one attached hydrogen (secondary N) is 1. The van der Waals surface area contributed by atoms with Gasteiger partial charge in [0.2, 0.25) is 0 Å². The molecule has 3 aromatic rings. The van der Waals surface area contributed by atoms with Crippen LogP contribution in [-0.4, -0.2) is 47.3 Å². The van der Waals surface area contributed by atoms with Gasteiger partial charge < -0.3 is 14.6 Å². The van der Waals surface area contributed by atoms with Crippen LogP contribution in [-0.2, 0) is 0 Å². The van der Waals surface area contributed by atoms with Crippen LogP contribution in [0, 0.1) is 5.92 Å². The third-order valence-corrected chi connectivity index (χ3v) is 5.06. The average Bonchev–Trinajstić information content (AvgIpc) is 3.41. The minimum absolute atomic E-state index is 0. The number of nitrogens with zero attached hydrogens (tertiary/aromatic N) is 3. The lowest BCUT2D eigenvalue weighted by Gasteiger charge is -2.15. The maximum atomic E-state index is 13.0. The molecule has 148 valence electrons. The van der Waals surface area contributed by atoms with Crippen molar-refractivity contribution in [3.05, 3.63) is 59.4 Å². The number of carbonyl (C=O) groups is 1. The fraction of sp³-hybridized carbons (Fsp3) is 0.300. The van der Waals surface area contributed by atoms with Gasteiger partial charge in [-0.05, 0) is 56.3 Å². The maximum absolute atomic E-state index is 13.0. The van der Waals surface area contributed by atoms with Gasteiger partial charge >= 0.3 is 0 Å². The molecule has 0 radical (unpaired) electrons. The molecule has 1 aliphatic rings. The average molecular weight is 421 g/mol. The molecule has 0 saturated carbocycles. The molecule has 2 aromatic heterocycles. The molecule has 8 heteroatoms. The third-order valence-electron chi connectivity index (χ3n) is 4.82. The first kappa shape index (κ1) is 20.5. The van der Waals surface area contributed by atoms with Crippen LogP contribution in [0.4, 0.5) is 0 Å². The summed E-state index contributed by atoms with van der Waals surface area (Å²) in [6.07, 6.45) is 2.61. The predicted octanol–water partition coefficient (Wildman–Crippen LogP) is 3.89. The van der Waals surface area contributed by atoms with Gasteiger partial charge in [0.25, 0.3) is 5.91 Å². The van der Waals surface area contributed by atoms with Crippen LogP contribution in [0.25, 0.3) is 17.1 Å². The Labute approximate surface area is 174 Å². The molecule has 0 aliphatic carbocycles. The Kier molecular flexibility index (Phi) is 6.44. The van der Waals surface area contributed by atoms with E-state index in [0.717, 1.165) is 37.4 Å². The molecule has 28 heavy (non-hydrogen) atoms. The third kappa shape index (κ3) is 4.09. The highest BCUT2D eigenvalue weighted by Gasteiger charge is 2.29. The smallest absolute Gasteiger partial charge is 0.274 e. The number of furan rings is 1. The van der Waals surface area contributed by atoms with Gasteiger partial charge in [0.05, 0.1) is 12.0 Å². The number of hydrogen-bond donors (Lipinski definition) is 1. The van der Waals surface area contributed by atoms with E-state index in [0.29, 0.717) is 22.4 Å². The molecule has 4 rings (SSSR count). The fourth-order valence-corrected chi connectivity index (χ4v) is 3.71. The number of amides is 1. The van der Waals surface area contributed by atoms with E-state index < -0.39 is 0 Å². The van der Waals surface area contributed by atoms with E-state index in [2.05, 4.69) is 10.4 Å². The summed E-state index contributed by atoms with van der Waals surface area (Å²) in [5.41, 5.74) is 1.91. The van der Waals surface area contributed by atoms with Crippen LogP contribution in [0.1, 0.15) is 16.9 Å². The molecule has 1 N–H and O–H groups in total. The van der Waals surface area contributed by atoms with E-state index in [1.807, 2.05) is 42.3 Å². The first-order chi connectivity index (χ1) is 13.2. The Morgan fingerprint density at radius 2 is 2.18 bits per heavy atom. The van der Waals surface area contributed by atoms with Gasteiger partial charge in [-0.1, -0.05) is 17.7 Å². The van der Waals surface area contributed by atoms with Crippen molar-refractivity contribution in [2.45, 2.75) is 6.42 Å². The summed E-state index contributed by atoms with van der Waals surface area (Å²) in [5.74, 6) is 1.08. The Hall–Kier alpha value is -2.28. The summed E-state index contributed by atoms with van der Waals surface area (Å²) in [6, 6.07) is 12.8. The van der Waals surface area contributed by atoms with Crippen molar-refractivity contribution < 1.29 is 9.21 Å². The molecule has 1 aliphatic heterocycles. The zero-order valence-electron chi connectivity index (χ0n) is 15.5. The first-order valence-corrected chi connectivity index (χ1v) is 9.37. The summed E-state index contributed by atoms with van der Waals surface area (Å²) in [5, 5.41) is 8.38. The largest absolute Gasteiger partial charge is 0.463 e. The number of carbonyl (C=O) groups excluding carboxylic acids is 1. The minimum atomic E-state index is -0.0535. The molecule has 1 saturated heterocycles. The number of hydrogen-bond acceptors (Lipinski definition) is 4. The highest BCUT2D eigenvalue weighted by Crippen LogP contribution is 2.27. The molecule has 0 bridgehead atoms. The topological polar surface area (TPSA) is 63.3 Å². The summed E-state index contributed by atoms with van der Waals surface area (Å²) in [4.78, 5) is 14.9. The Morgan fingerprint density at radius 3 is 2.89 bits per heavy atom. The standard InChI is InChI=1S/C20H21ClN4O2.ClH/c1-22-12-14-7-8-24(13-14)20(26)17-11-18(19-6-3-9-27-19)25(23-17)16-5-2-4-15(21)10-16;/h2-6,9-11,14,22H,7-8,12-13H2,1H3;1H. The summed E-state index contributed by atoms with van der Waals surface area (Å²) in [6.45, 7) is 2.42. The van der Waals surface area contributed by atoms with E-state index >= 15 is 0 Å². The predicted molar refractivity (Wildman–Crippen MR) is 111 cm³/mol. The molecule has 1 unspecified atom stereocenters. The van der Waals surface area contributed by atoms with Crippen LogP contribution >= 0.6 is 24.0 Å². The van der Waals surface area contributed by atoms with Crippen LogP contribution < -0.4 is 5.32 Å². The molecule has 1 amide bonds. The lowest BCUT2D eigenvalue weighted by molar-refractivity contribution is 0.0781. The quantitative estimate of drug-likeness (QED) is 0.679. The monoisotopic (exact) mass is 420 g/mol. The second-order valence-electron chi connectivity index (χ2n) is 6.75. The highest BCUT2D eigenvalue weighted by atomic mass is 35.5. The van der Waals surface area contributed by atoms with Gasteiger partial charge in [0.15, 0.2) is 11.5 Å². The summed E-state index contributed by atoms with van der Waals surface area (Å²) < 4.78 is 7.26. The van der Waals surface area contributed by atoms with Crippen molar-refractivity contribution in [1.29, 1.82) is 0 Å². The normalized spacial score (nSPS) is 16.2. The van der Waals surface area contributed by atoms with E-state index in [1.165, 1.54) is 0 Å². The summed E-state index contributed by atoms with van der Waals surface area (Å²) in [7, 11) is 1.94. The van der Waals surface area contributed by atoms with Crippen molar-refractivity contribution >= 4 is 29.9 Å². The molecule has 1 fully saturated rings. The van der Waals surface area contributed by atoms with Gasteiger partial charge in [-0.3, -0.25) is 4.79 Å². The molecule has 6 nitrogen and oxygen atoms in total. The number of aromatic nitrogens is 2. The van der Waals surface area contributed by atoms with Crippen molar-refractivity contribution in [3.8, 4) is 17.1 Å². The second-order valence-corrected chi connectivity index (χ2v) is 7.18. The number of halogens is 2. The van der Waals surface area contributed by atoms with Crippen LogP contribution in [0.5, 0.6) is 0 Å². The molecule has 1 atom stereocenters. The minimum Gasteiger partial charge on any atom is -0.463 e. The van der Waals surface area contributed by atoms with Crippen molar-refractivity contribution in [2.75, 3.05) is 26.7 Å². The van der Waals surface area contributed by atoms with Crippen LogP contribution in [0.15, 0.2) is 53.1 Å². The summed E-state index contributed by atoms with van der Waals surface area (Å²) >= 11 is 6.15. The molecule has 0 spiro atoms. The maximum Gasteiger partial charge on any atom is 0.274 e. The molecule has 3 heterocycles. The molecular formula is C20H22Cl2N4O2. The van der Waals surface area contributed by atoms with E-state index in [4.69, 9.17) is 16.0 Å². The fourth-order valence-electron chi connectivity index (χ4n) is 3.52. The SMILES string of the molecule is CNCC1CCN(C(=O)c2cc(-c3ccco3)n(-c3cccc(Cl)c3)n2)C1.Cl. The van der Waals surface area contributed by atoms with Gasteiger partial charge in [-0.2, -0.15) is 5.10 Å². The van der Waals surface area contributed by atoms with Gasteiger partial charge in [0, 0.05) is 24.2 Å². The highest BCUT2D eigenvalue weighted by molar-refractivity contribution is 6.30. The molecular weight excluding hydrogens is 399 g/mol. The molecule has 1 aromatic carbocycles. The Morgan fingerprint density at radius 1 is 1.32 bits per heavy atom. The lowest BCUT2D eigenvalue weighted by atomic mass is 10.1. The lowest BCUT2D eigenvalue weighted by Crippen LogP contribution is -2.30. The zero-order valence-corrected chi connectivity index (χ0v) is 17.0. The Balaban J connectivity index is 0.00000225. The van der Waals surface area contributed by atoms with Crippen molar-refractivity contribution in [3.63, 3.8) is 0 Å². The number of benzene rings is 1. The van der Waals surface area contributed by atoms with Crippen molar-refractivity contribution in [1.82, 2.24) is 20.0 Å². The van der Waals surface area contributed by atoms with Gasteiger partial charge in [-0.15, -0.1) is 12.4 Å². The first-order valence-electron chi connectivity index (χ1n) is 8.99. The van der Waals surface area contributed by atoms with Crippen LogP contribution in [0.3, 0.4) is 0 Å². The van der Waals surface area contributed by atoms with Gasteiger partial charge in [0.1, 0.15) is 5.69 Å². The second kappa shape index (κ2) is 8.82. The van der Waals surface area contributed by atoms with E-state index in [-0.39, 0.29) is 18.3 Å². The van der Waals surface area contributed by atoms with Crippen molar-refractivity contribution in [2.24, 2.45) is 5.92 Å². The van der Waals surface area contributed by atoms with E-state index in [1.54, 1.807) is 23.1 Å². The van der Waals surface area contributed by atoms with E-state index in [9.17, 15) is 4.79 Å². The Bertz CT molecular complexity index is 940. The number of likely N-dealkylation sites (tertiary alicyclic amines) is 1. The zero-order chi connectivity index (χ0) is 18.8. The number of rotatable bonds is 5.